The minimum atomic E-state index is -0.717. The van der Waals surface area contributed by atoms with Crippen molar-refractivity contribution in [3.8, 4) is 0 Å². The summed E-state index contributed by atoms with van der Waals surface area (Å²) in [5, 5.41) is 1.05. The van der Waals surface area contributed by atoms with Crippen molar-refractivity contribution in [1.82, 2.24) is 14.8 Å². The predicted octanol–water partition coefficient (Wildman–Crippen LogP) is 0.601. The van der Waals surface area contributed by atoms with Crippen molar-refractivity contribution in [3.05, 3.63) is 36.0 Å². The maximum absolute atomic E-state index is 12.7. The van der Waals surface area contributed by atoms with Gasteiger partial charge in [-0.15, -0.1) is 0 Å². The summed E-state index contributed by atoms with van der Waals surface area (Å²) in [7, 11) is 4.88. The maximum Gasteiger partial charge on any atom is 0.241 e. The van der Waals surface area contributed by atoms with Crippen LogP contribution in [0.5, 0.6) is 0 Å². The van der Waals surface area contributed by atoms with Crippen molar-refractivity contribution in [2.45, 2.75) is 12.5 Å². The lowest BCUT2D eigenvalue weighted by Gasteiger charge is -2.26. The number of likely N-dealkylation sites (N-methyl/N-ethyl adjacent to an activating group) is 1. The monoisotopic (exact) mass is 346 g/mol. The zero-order chi connectivity index (χ0) is 18.4. The molecule has 0 unspecified atom stereocenters. The van der Waals surface area contributed by atoms with Crippen LogP contribution in [-0.2, 0) is 20.7 Å². The average molecular weight is 346 g/mol. The predicted molar refractivity (Wildman–Crippen MR) is 97.1 cm³/mol. The second kappa shape index (κ2) is 8.64. The van der Waals surface area contributed by atoms with Gasteiger partial charge in [0.15, 0.2) is 0 Å². The number of nitrogens with two attached hydrogens (primary N) is 1. The van der Waals surface area contributed by atoms with E-state index in [0.717, 1.165) is 16.5 Å². The van der Waals surface area contributed by atoms with Crippen molar-refractivity contribution in [2.75, 3.05) is 40.9 Å². The Kier molecular flexibility index (Phi) is 6.55. The van der Waals surface area contributed by atoms with Gasteiger partial charge in [-0.05, 0) is 18.1 Å². The Bertz CT molecular complexity index is 726. The van der Waals surface area contributed by atoms with Gasteiger partial charge in [-0.2, -0.15) is 0 Å². The third-order valence-corrected chi connectivity index (χ3v) is 4.13. The molecule has 2 aromatic rings. The normalized spacial score (nSPS) is 12.2. The molecule has 1 aromatic heterocycles. The number of H-pyrrole nitrogens is 1. The zero-order valence-corrected chi connectivity index (χ0v) is 15.0. The van der Waals surface area contributed by atoms with Gasteiger partial charge >= 0.3 is 0 Å². The van der Waals surface area contributed by atoms with Crippen LogP contribution in [0, 0.1) is 0 Å². The number of amides is 2. The molecule has 136 valence electrons. The number of nitrogens with one attached hydrogen (secondary N) is 1. The summed E-state index contributed by atoms with van der Waals surface area (Å²) >= 11 is 0. The second-order valence-electron chi connectivity index (χ2n) is 6.21. The highest BCUT2D eigenvalue weighted by Crippen LogP contribution is 2.19. The van der Waals surface area contributed by atoms with Gasteiger partial charge in [0.1, 0.15) is 0 Å². The number of ether oxygens (including phenoxy) is 1. The van der Waals surface area contributed by atoms with Crippen LogP contribution in [0.15, 0.2) is 30.5 Å². The lowest BCUT2D eigenvalue weighted by molar-refractivity contribution is -0.140. The van der Waals surface area contributed by atoms with Crippen LogP contribution < -0.4 is 5.73 Å². The summed E-state index contributed by atoms with van der Waals surface area (Å²) in [6, 6.07) is 7.16. The lowest BCUT2D eigenvalue weighted by Crippen LogP contribution is -2.49. The molecule has 2 amide bonds. The molecular weight excluding hydrogens is 320 g/mol. The van der Waals surface area contributed by atoms with Crippen LogP contribution >= 0.6 is 0 Å². The number of rotatable bonds is 8. The molecule has 0 spiro atoms. The van der Waals surface area contributed by atoms with Crippen molar-refractivity contribution in [1.29, 1.82) is 0 Å². The molecule has 0 saturated carbocycles. The molecule has 0 aliphatic heterocycles. The van der Waals surface area contributed by atoms with Crippen LogP contribution in [0.1, 0.15) is 5.56 Å². The first-order valence-electron chi connectivity index (χ1n) is 8.22. The fraction of sp³-hybridized carbons (Fsp3) is 0.444. The first kappa shape index (κ1) is 19.0. The lowest BCUT2D eigenvalue weighted by atomic mass is 10.0. The highest BCUT2D eigenvalue weighted by molar-refractivity contribution is 5.89. The van der Waals surface area contributed by atoms with E-state index in [2.05, 4.69) is 4.98 Å². The first-order chi connectivity index (χ1) is 11.9. The van der Waals surface area contributed by atoms with E-state index in [1.54, 1.807) is 21.2 Å². The Morgan fingerprint density at radius 3 is 2.68 bits per heavy atom. The van der Waals surface area contributed by atoms with Crippen LogP contribution in [0.2, 0.25) is 0 Å². The van der Waals surface area contributed by atoms with Crippen LogP contribution in [0.25, 0.3) is 10.9 Å². The summed E-state index contributed by atoms with van der Waals surface area (Å²) < 4.78 is 5.04. The van der Waals surface area contributed by atoms with E-state index >= 15 is 0 Å². The van der Waals surface area contributed by atoms with Crippen molar-refractivity contribution < 1.29 is 14.3 Å². The highest BCUT2D eigenvalue weighted by Gasteiger charge is 2.24. The quantitative estimate of drug-likeness (QED) is 0.732. The van der Waals surface area contributed by atoms with E-state index in [9.17, 15) is 9.59 Å². The molecule has 0 saturated heterocycles. The van der Waals surface area contributed by atoms with E-state index < -0.39 is 6.04 Å². The van der Waals surface area contributed by atoms with E-state index in [1.807, 2.05) is 30.5 Å². The van der Waals surface area contributed by atoms with Gasteiger partial charge in [0.2, 0.25) is 11.8 Å². The van der Waals surface area contributed by atoms with Gasteiger partial charge in [0, 0.05) is 44.8 Å². The number of para-hydroxylation sites is 1. The number of nitrogens with zero attached hydrogens (tertiary/aromatic N) is 2. The van der Waals surface area contributed by atoms with Gasteiger partial charge in [-0.25, -0.2) is 0 Å². The Morgan fingerprint density at radius 1 is 1.28 bits per heavy atom. The molecule has 1 atom stereocenters. The minimum Gasteiger partial charge on any atom is -0.383 e. The summed E-state index contributed by atoms with van der Waals surface area (Å²) in [4.78, 5) is 30.8. The van der Waals surface area contributed by atoms with E-state index in [-0.39, 0.29) is 18.4 Å². The number of methoxy groups -OCH3 is 1. The van der Waals surface area contributed by atoms with Crippen LogP contribution in [0.3, 0.4) is 0 Å². The van der Waals surface area contributed by atoms with Gasteiger partial charge in [0.25, 0.3) is 0 Å². The van der Waals surface area contributed by atoms with Gasteiger partial charge in [-0.3, -0.25) is 9.59 Å². The molecule has 0 aliphatic rings. The molecule has 1 aromatic carbocycles. The molecular formula is C18H26N4O3. The molecule has 7 heteroatoms. The second-order valence-corrected chi connectivity index (χ2v) is 6.21. The fourth-order valence-electron chi connectivity index (χ4n) is 2.63. The largest absolute Gasteiger partial charge is 0.383 e. The molecule has 0 aliphatic carbocycles. The Morgan fingerprint density at radius 2 is 2.00 bits per heavy atom. The number of aromatic amines is 1. The summed E-state index contributed by atoms with van der Waals surface area (Å²) in [6.45, 7) is 0.680. The fourth-order valence-corrected chi connectivity index (χ4v) is 2.63. The Hall–Kier alpha value is -2.38. The number of hydrogen-bond donors (Lipinski definition) is 2. The average Bonchev–Trinajstić information content (AvgIpc) is 3.00. The number of carbonyl (C=O) groups excluding carboxylic acids is 2. The first-order valence-corrected chi connectivity index (χ1v) is 8.22. The summed E-state index contributed by atoms with van der Waals surface area (Å²) in [5.74, 6) is -0.402. The number of hydrogen-bond acceptors (Lipinski definition) is 4. The van der Waals surface area contributed by atoms with Gasteiger partial charge in [0.05, 0.1) is 19.2 Å². The molecule has 2 rings (SSSR count). The van der Waals surface area contributed by atoms with Crippen molar-refractivity contribution in [2.24, 2.45) is 5.73 Å². The Labute approximate surface area is 147 Å². The Balaban J connectivity index is 2.09. The standard InChI is InChI=1S/C18H26N4O3/c1-21(2)17(23)12-22(8-9-25-3)18(24)15(19)10-13-11-20-16-7-5-4-6-14(13)16/h4-7,11,15,20H,8-10,12,19H2,1-3H3/t15-/m0/s1. The third kappa shape index (κ3) is 4.80. The molecule has 7 nitrogen and oxygen atoms in total. The number of carbonyl (C=O) groups is 2. The summed E-state index contributed by atoms with van der Waals surface area (Å²) in [6.07, 6.45) is 2.28. The molecule has 25 heavy (non-hydrogen) atoms. The van der Waals surface area contributed by atoms with Crippen molar-refractivity contribution in [3.63, 3.8) is 0 Å². The number of aromatic nitrogens is 1. The molecule has 0 radical (unpaired) electrons. The third-order valence-electron chi connectivity index (χ3n) is 4.13. The summed E-state index contributed by atoms with van der Waals surface area (Å²) in [5.41, 5.74) is 8.15. The smallest absolute Gasteiger partial charge is 0.241 e. The molecule has 3 N–H and O–H groups in total. The van der Waals surface area contributed by atoms with Crippen LogP contribution in [0.4, 0.5) is 0 Å². The van der Waals surface area contributed by atoms with E-state index in [0.29, 0.717) is 19.6 Å². The number of benzene rings is 1. The topological polar surface area (TPSA) is 91.7 Å². The van der Waals surface area contributed by atoms with Crippen molar-refractivity contribution >= 4 is 22.7 Å². The maximum atomic E-state index is 12.7. The van der Waals surface area contributed by atoms with Crippen LogP contribution in [-0.4, -0.2) is 73.5 Å². The van der Waals surface area contributed by atoms with Gasteiger partial charge < -0.3 is 25.3 Å². The molecule has 0 fully saturated rings. The highest BCUT2D eigenvalue weighted by atomic mass is 16.5. The van der Waals surface area contributed by atoms with E-state index in [1.165, 1.54) is 9.80 Å². The SMILES string of the molecule is COCCN(CC(=O)N(C)C)C(=O)[C@@H](N)Cc1c[nH]c2ccccc12. The molecule has 1 heterocycles. The van der Waals surface area contributed by atoms with E-state index in [4.69, 9.17) is 10.5 Å². The molecule has 0 bridgehead atoms. The van der Waals surface area contributed by atoms with Gasteiger partial charge in [-0.1, -0.05) is 18.2 Å². The zero-order valence-electron chi connectivity index (χ0n) is 15.0. The number of fused-ring (bicyclic) bond motifs is 1. The minimum absolute atomic E-state index is 0.00320.